The first-order valence-corrected chi connectivity index (χ1v) is 5.25. The van der Waals surface area contributed by atoms with Gasteiger partial charge in [-0.3, -0.25) is 0 Å². The van der Waals surface area contributed by atoms with Crippen molar-refractivity contribution in [3.05, 3.63) is 0 Å². The van der Waals surface area contributed by atoms with Crippen molar-refractivity contribution in [1.82, 2.24) is 0 Å². The van der Waals surface area contributed by atoms with Gasteiger partial charge in [-0.1, -0.05) is 0 Å². The van der Waals surface area contributed by atoms with Crippen molar-refractivity contribution in [3.63, 3.8) is 0 Å². The third-order valence-corrected chi connectivity index (χ3v) is 2.46. The van der Waals surface area contributed by atoms with Crippen LogP contribution in [0.15, 0.2) is 0 Å². The molecule has 0 spiro atoms. The maximum absolute atomic E-state index is 4.62. The normalized spacial score (nSPS) is 13.2. The molecule has 2 unspecified atom stereocenters. The first-order chi connectivity index (χ1) is 2.41. The third kappa shape index (κ3) is 5.52. The molecule has 2 atom stereocenters. The Hall–Kier alpha value is 1.52. The zero-order chi connectivity index (χ0) is 4.12. The van der Waals surface area contributed by atoms with Crippen LogP contribution in [0.2, 0.25) is 0 Å². The van der Waals surface area contributed by atoms with Crippen LogP contribution >= 0.6 is 40.5 Å². The number of hydrogen-bond acceptors (Lipinski definition) is 3. The minimum Gasteiger partial charge on any atom is -0.322 e. The van der Waals surface area contributed by atoms with Gasteiger partial charge in [0.05, 0.1) is 16.0 Å². The smallest absolute Gasteiger partial charge is 0.0771 e. The second-order valence-corrected chi connectivity index (χ2v) is 2.56. The van der Waals surface area contributed by atoms with Gasteiger partial charge in [-0.2, -0.15) is 0 Å². The van der Waals surface area contributed by atoms with Gasteiger partial charge in [0.25, 0.3) is 0 Å². The van der Waals surface area contributed by atoms with Gasteiger partial charge in [0.2, 0.25) is 0 Å². The Kier molecular flexibility index (Phi) is 7.20. The maximum atomic E-state index is 4.62. The number of thiol groups is 2. The van der Waals surface area contributed by atoms with E-state index >= 15 is 0 Å². The van der Waals surface area contributed by atoms with Crippen LogP contribution in [0, 0.1) is 0 Å². The molecule has 0 aromatic heterocycles. The van der Waals surface area contributed by atoms with Crippen LogP contribution in [0.1, 0.15) is 0 Å². The van der Waals surface area contributed by atoms with E-state index in [9.17, 15) is 0 Å². The molecule has 1 nitrogen and oxygen atoms in total. The summed E-state index contributed by atoms with van der Waals surface area (Å²) < 4.78 is 4.62. The van der Waals surface area contributed by atoms with E-state index in [0.717, 1.165) is 0 Å². The van der Waals surface area contributed by atoms with Crippen molar-refractivity contribution in [3.8, 4) is 0 Å². The van der Waals surface area contributed by atoms with E-state index in [-0.39, 0.29) is 16.0 Å². The summed E-state index contributed by atoms with van der Waals surface area (Å²) in [5.41, 5.74) is 0. The summed E-state index contributed by atoms with van der Waals surface area (Å²) in [4.78, 5) is 0. The summed E-state index contributed by atoms with van der Waals surface area (Å²) in [6.45, 7) is 0. The van der Waals surface area contributed by atoms with Gasteiger partial charge in [-0.15, -0.1) is 24.5 Å². The molecule has 0 radical (unpaired) electrons. The van der Waals surface area contributed by atoms with Gasteiger partial charge in [-0.25, -0.2) is 0 Å². The van der Waals surface area contributed by atoms with E-state index in [2.05, 4.69) is 28.8 Å². The lowest BCUT2D eigenvalue weighted by molar-refractivity contribution is 0.753. The molecule has 0 aromatic carbocycles. The summed E-state index contributed by atoms with van der Waals surface area (Å²) in [7, 11) is 0.576. The molecule has 32 valence electrons. The van der Waals surface area contributed by atoms with Crippen molar-refractivity contribution < 1.29 is 4.31 Å². The largest absolute Gasteiger partial charge is 0.322 e. The van der Waals surface area contributed by atoms with Crippen LogP contribution in [-0.4, -0.2) is 0 Å². The summed E-state index contributed by atoms with van der Waals surface area (Å²) in [6, 6.07) is 0. The van der Waals surface area contributed by atoms with E-state index in [1.54, 1.807) is 0 Å². The highest BCUT2D eigenvalue weighted by atomic mass is 32.7. The average molecular weight is 146 g/mol. The van der Waals surface area contributed by atoms with Gasteiger partial charge in [0.1, 0.15) is 0 Å². The standard InChI is InChI=1S/H4OP2S2/c4-2-1-3-5/h2-5H. The monoisotopic (exact) mass is 146 g/mol. The molecule has 0 aromatic rings. The quantitative estimate of drug-likeness (QED) is 0.446. The first-order valence-electron chi connectivity index (χ1n) is 0.855. The summed E-state index contributed by atoms with van der Waals surface area (Å²) in [6.07, 6.45) is 0. The second-order valence-electron chi connectivity index (χ2n) is 0.285. The molecule has 0 bridgehead atoms. The van der Waals surface area contributed by atoms with Gasteiger partial charge in [0, 0.05) is 0 Å². The fourth-order valence-electron chi connectivity index (χ4n) is 0.0204. The Bertz CT molecular complexity index is 15.1. The van der Waals surface area contributed by atoms with Crippen LogP contribution in [0.25, 0.3) is 0 Å². The van der Waals surface area contributed by atoms with Gasteiger partial charge >= 0.3 is 0 Å². The van der Waals surface area contributed by atoms with Gasteiger partial charge in [0.15, 0.2) is 0 Å². The predicted octanol–water partition coefficient (Wildman–Crippen LogP) is 1.88. The summed E-state index contributed by atoms with van der Waals surface area (Å²) in [5.74, 6) is 0. The summed E-state index contributed by atoms with van der Waals surface area (Å²) in [5, 5.41) is 0. The topological polar surface area (TPSA) is 9.23 Å². The zero-order valence-corrected chi connectivity index (χ0v) is 6.09. The molecular formula is H4OP2S2. The Morgan fingerprint density at radius 3 is 1.60 bits per heavy atom. The lowest BCUT2D eigenvalue weighted by atomic mass is 15.9. The Labute approximate surface area is 45.3 Å². The minimum absolute atomic E-state index is 0.288. The van der Waals surface area contributed by atoms with Crippen molar-refractivity contribution in [2.75, 3.05) is 0 Å². The lowest BCUT2D eigenvalue weighted by Gasteiger charge is -1.83. The molecule has 5 heteroatoms. The Morgan fingerprint density at radius 1 is 1.20 bits per heavy atom. The Balaban J connectivity index is 2.19. The molecule has 5 heavy (non-hydrogen) atoms. The highest BCUT2D eigenvalue weighted by Crippen LogP contribution is 2.31. The highest BCUT2D eigenvalue weighted by molar-refractivity contribution is 8.41. The average Bonchev–Trinajstić information content (AvgIpc) is 1.41. The van der Waals surface area contributed by atoms with Crippen LogP contribution in [-0.2, 0) is 4.31 Å². The molecule has 0 saturated carbocycles. The molecule has 0 heterocycles. The zero-order valence-electron chi connectivity index (χ0n) is 2.30. The fourth-order valence-corrected chi connectivity index (χ4v) is 1.65. The maximum Gasteiger partial charge on any atom is 0.0771 e. The van der Waals surface area contributed by atoms with Crippen molar-refractivity contribution in [2.24, 2.45) is 0 Å². The van der Waals surface area contributed by atoms with Crippen molar-refractivity contribution in [2.45, 2.75) is 0 Å². The fraction of sp³-hybridized carbons (Fsp3) is 0. The number of rotatable bonds is 2. The Morgan fingerprint density at radius 2 is 1.60 bits per heavy atom. The molecule has 0 aliphatic rings. The van der Waals surface area contributed by atoms with E-state index in [1.165, 1.54) is 0 Å². The van der Waals surface area contributed by atoms with E-state index < -0.39 is 0 Å². The van der Waals surface area contributed by atoms with Crippen molar-refractivity contribution in [1.29, 1.82) is 0 Å². The van der Waals surface area contributed by atoms with Crippen LogP contribution in [0.4, 0.5) is 0 Å². The van der Waals surface area contributed by atoms with Crippen LogP contribution < -0.4 is 0 Å². The second kappa shape index (κ2) is 5.52. The molecule has 0 saturated heterocycles. The van der Waals surface area contributed by atoms with Gasteiger partial charge in [-0.05, 0) is 0 Å². The first kappa shape index (κ1) is 6.52. The van der Waals surface area contributed by atoms with Gasteiger partial charge < -0.3 is 4.31 Å². The van der Waals surface area contributed by atoms with E-state index in [1.807, 2.05) is 0 Å². The molecule has 0 aliphatic carbocycles. The molecule has 0 fully saturated rings. The molecule has 0 amide bonds. The third-order valence-electron chi connectivity index (χ3n) is 0.0913. The molecule has 0 N–H and O–H groups in total. The highest BCUT2D eigenvalue weighted by Gasteiger charge is 1.65. The molecule has 0 rings (SSSR count). The van der Waals surface area contributed by atoms with E-state index in [0.29, 0.717) is 0 Å². The SMILES string of the molecule is SPOPS. The number of hydrogen-bond donors (Lipinski definition) is 2. The summed E-state index contributed by atoms with van der Waals surface area (Å²) >= 11 is 7.53. The van der Waals surface area contributed by atoms with Crippen LogP contribution in [0.5, 0.6) is 0 Å². The van der Waals surface area contributed by atoms with E-state index in [4.69, 9.17) is 0 Å². The molecule has 0 aliphatic heterocycles. The molecular weight excluding hydrogens is 142 g/mol. The van der Waals surface area contributed by atoms with Crippen molar-refractivity contribution >= 4 is 40.5 Å². The van der Waals surface area contributed by atoms with Crippen LogP contribution in [0.3, 0.4) is 0 Å². The minimum atomic E-state index is 0.288. The lowest BCUT2D eigenvalue weighted by Crippen LogP contribution is -1.29. The predicted molar refractivity (Wildman–Crippen MR) is 35.7 cm³/mol.